The largest absolute Gasteiger partial charge is 0.481 e. The van der Waals surface area contributed by atoms with E-state index in [2.05, 4.69) is 9.97 Å². The van der Waals surface area contributed by atoms with Gasteiger partial charge in [-0.3, -0.25) is 9.59 Å². The van der Waals surface area contributed by atoms with Crippen molar-refractivity contribution in [1.82, 2.24) is 19.1 Å². The molecule has 0 saturated carbocycles. The van der Waals surface area contributed by atoms with Gasteiger partial charge in [-0.1, -0.05) is 11.8 Å². The van der Waals surface area contributed by atoms with Crippen molar-refractivity contribution in [2.75, 3.05) is 5.75 Å². The monoisotopic (exact) mass is 294 g/mol. The Morgan fingerprint density at radius 1 is 1.45 bits per heavy atom. The van der Waals surface area contributed by atoms with E-state index < -0.39 is 5.97 Å². The number of carbonyl (C=O) groups is 1. The Morgan fingerprint density at radius 3 is 2.90 bits per heavy atom. The fourth-order valence-electron chi connectivity index (χ4n) is 1.68. The molecular weight excluding hydrogens is 280 g/mol. The van der Waals surface area contributed by atoms with E-state index in [1.807, 2.05) is 17.8 Å². The number of carboxylic acids is 1. The third-order valence-corrected chi connectivity index (χ3v) is 3.65. The molecule has 0 fully saturated rings. The Labute approximate surface area is 119 Å². The first-order chi connectivity index (χ1) is 9.56. The van der Waals surface area contributed by atoms with Crippen molar-refractivity contribution in [2.24, 2.45) is 7.05 Å². The van der Waals surface area contributed by atoms with Gasteiger partial charge in [-0.15, -0.1) is 0 Å². The van der Waals surface area contributed by atoms with Crippen molar-refractivity contribution in [3.8, 4) is 0 Å². The number of imidazole rings is 1. The standard InChI is InChI=1S/C12H14N4O3S/c1-15-7-4-13-9(15)2-5-16-6-3-10(17)14-12(16)20-8-11(18)19/h3-4,6-7H,2,5,8H2,1H3,(H,18,19). The highest BCUT2D eigenvalue weighted by Gasteiger charge is 2.08. The van der Waals surface area contributed by atoms with Crippen LogP contribution in [-0.2, 0) is 24.8 Å². The SMILES string of the molecule is Cn1ccnc1CCn1ccc(=O)nc1SCC(=O)O. The molecule has 0 aliphatic heterocycles. The quantitative estimate of drug-likeness (QED) is 0.612. The van der Waals surface area contributed by atoms with Crippen LogP contribution in [0.15, 0.2) is 34.6 Å². The molecule has 0 amide bonds. The van der Waals surface area contributed by atoms with Crippen LogP contribution in [-0.4, -0.2) is 35.9 Å². The van der Waals surface area contributed by atoms with Crippen molar-refractivity contribution in [3.05, 3.63) is 40.8 Å². The number of rotatable bonds is 6. The molecule has 0 spiro atoms. The summed E-state index contributed by atoms with van der Waals surface area (Å²) in [5.41, 5.74) is -0.369. The van der Waals surface area contributed by atoms with Crippen LogP contribution >= 0.6 is 11.8 Å². The number of thioether (sulfide) groups is 1. The summed E-state index contributed by atoms with van der Waals surface area (Å²) in [6.07, 6.45) is 5.88. The van der Waals surface area contributed by atoms with Gasteiger partial charge in [0.2, 0.25) is 0 Å². The predicted molar refractivity (Wildman–Crippen MR) is 73.8 cm³/mol. The molecule has 20 heavy (non-hydrogen) atoms. The van der Waals surface area contributed by atoms with Gasteiger partial charge in [0, 0.05) is 44.7 Å². The molecule has 0 unspecified atom stereocenters. The second-order valence-electron chi connectivity index (χ2n) is 4.13. The van der Waals surface area contributed by atoms with Gasteiger partial charge in [0.25, 0.3) is 5.56 Å². The lowest BCUT2D eigenvalue weighted by Crippen LogP contribution is -2.16. The second kappa shape index (κ2) is 6.38. The summed E-state index contributed by atoms with van der Waals surface area (Å²) in [5.74, 6) is -0.152. The van der Waals surface area contributed by atoms with Crippen LogP contribution < -0.4 is 5.56 Å². The van der Waals surface area contributed by atoms with Crippen LogP contribution in [0.4, 0.5) is 0 Å². The smallest absolute Gasteiger partial charge is 0.313 e. The molecule has 7 nitrogen and oxygen atoms in total. The Morgan fingerprint density at radius 2 is 2.25 bits per heavy atom. The first-order valence-electron chi connectivity index (χ1n) is 5.94. The fourth-order valence-corrected chi connectivity index (χ4v) is 2.41. The molecule has 0 saturated heterocycles. The predicted octanol–water partition coefficient (Wildman–Crippen LogP) is 0.396. The van der Waals surface area contributed by atoms with E-state index in [1.54, 1.807) is 17.0 Å². The highest BCUT2D eigenvalue weighted by molar-refractivity contribution is 7.99. The molecule has 0 atom stereocenters. The summed E-state index contributed by atoms with van der Waals surface area (Å²) in [7, 11) is 1.91. The van der Waals surface area contributed by atoms with Crippen molar-refractivity contribution >= 4 is 17.7 Å². The average molecular weight is 294 g/mol. The zero-order chi connectivity index (χ0) is 14.5. The lowest BCUT2D eigenvalue weighted by molar-refractivity contribution is -0.133. The Bertz CT molecular complexity index is 665. The number of aromatic nitrogens is 4. The van der Waals surface area contributed by atoms with Crippen molar-refractivity contribution in [2.45, 2.75) is 18.1 Å². The van der Waals surface area contributed by atoms with Crippen molar-refractivity contribution in [1.29, 1.82) is 0 Å². The highest BCUT2D eigenvalue weighted by atomic mass is 32.2. The Balaban J connectivity index is 2.12. The van der Waals surface area contributed by atoms with Crippen LogP contribution in [0.1, 0.15) is 5.82 Å². The van der Waals surface area contributed by atoms with E-state index >= 15 is 0 Å². The number of carboxylic acid groups (broad SMARTS) is 1. The van der Waals surface area contributed by atoms with Crippen LogP contribution in [0.5, 0.6) is 0 Å². The summed E-state index contributed by atoms with van der Waals surface area (Å²) in [4.78, 5) is 29.9. The molecule has 2 heterocycles. The molecule has 0 radical (unpaired) electrons. The van der Waals surface area contributed by atoms with E-state index in [-0.39, 0.29) is 11.3 Å². The van der Waals surface area contributed by atoms with Gasteiger partial charge in [0.15, 0.2) is 5.16 Å². The first-order valence-corrected chi connectivity index (χ1v) is 6.93. The van der Waals surface area contributed by atoms with Gasteiger partial charge in [-0.2, -0.15) is 4.98 Å². The van der Waals surface area contributed by atoms with Crippen LogP contribution in [0.3, 0.4) is 0 Å². The molecule has 106 valence electrons. The second-order valence-corrected chi connectivity index (χ2v) is 5.07. The molecule has 8 heteroatoms. The fraction of sp³-hybridized carbons (Fsp3) is 0.333. The average Bonchev–Trinajstić information content (AvgIpc) is 2.81. The Hall–Kier alpha value is -2.09. The topological polar surface area (TPSA) is 90.0 Å². The van der Waals surface area contributed by atoms with Gasteiger partial charge in [-0.25, -0.2) is 4.98 Å². The van der Waals surface area contributed by atoms with E-state index in [0.717, 1.165) is 17.6 Å². The number of nitrogens with zero attached hydrogens (tertiary/aromatic N) is 4. The van der Waals surface area contributed by atoms with Crippen LogP contribution in [0.2, 0.25) is 0 Å². The number of hydrogen-bond acceptors (Lipinski definition) is 5. The van der Waals surface area contributed by atoms with E-state index in [1.165, 1.54) is 6.07 Å². The molecule has 1 N–H and O–H groups in total. The molecule has 2 aromatic rings. The lowest BCUT2D eigenvalue weighted by Gasteiger charge is -2.10. The van der Waals surface area contributed by atoms with E-state index in [4.69, 9.17) is 5.11 Å². The third kappa shape index (κ3) is 3.70. The first kappa shape index (κ1) is 14.3. The van der Waals surface area contributed by atoms with Gasteiger partial charge in [0.1, 0.15) is 5.82 Å². The third-order valence-electron chi connectivity index (χ3n) is 2.67. The summed E-state index contributed by atoms with van der Waals surface area (Å²) >= 11 is 1.04. The van der Waals surface area contributed by atoms with E-state index in [9.17, 15) is 9.59 Å². The minimum atomic E-state index is -0.941. The van der Waals surface area contributed by atoms with Gasteiger partial charge in [-0.05, 0) is 0 Å². The molecule has 0 aliphatic carbocycles. The minimum absolute atomic E-state index is 0.126. The van der Waals surface area contributed by atoms with Crippen LogP contribution in [0, 0.1) is 0 Å². The molecule has 2 rings (SSSR count). The summed E-state index contributed by atoms with van der Waals surface area (Å²) in [5, 5.41) is 9.11. The maximum Gasteiger partial charge on any atom is 0.313 e. The minimum Gasteiger partial charge on any atom is -0.481 e. The van der Waals surface area contributed by atoms with Gasteiger partial charge < -0.3 is 14.2 Å². The van der Waals surface area contributed by atoms with Gasteiger partial charge >= 0.3 is 5.97 Å². The Kier molecular flexibility index (Phi) is 4.57. The summed E-state index contributed by atoms with van der Waals surface area (Å²) < 4.78 is 3.68. The van der Waals surface area contributed by atoms with E-state index in [0.29, 0.717) is 18.1 Å². The summed E-state index contributed by atoms with van der Waals surface area (Å²) in [6.45, 7) is 0.583. The zero-order valence-electron chi connectivity index (χ0n) is 10.9. The number of aliphatic carboxylic acids is 1. The van der Waals surface area contributed by atoms with Crippen molar-refractivity contribution < 1.29 is 9.90 Å². The number of hydrogen-bond donors (Lipinski definition) is 1. The van der Waals surface area contributed by atoms with Crippen molar-refractivity contribution in [3.63, 3.8) is 0 Å². The lowest BCUT2D eigenvalue weighted by atomic mass is 10.4. The maximum atomic E-state index is 11.3. The maximum absolute atomic E-state index is 11.3. The van der Waals surface area contributed by atoms with Crippen LogP contribution in [0.25, 0.3) is 0 Å². The van der Waals surface area contributed by atoms with Gasteiger partial charge in [0.05, 0.1) is 5.75 Å². The zero-order valence-corrected chi connectivity index (χ0v) is 11.7. The number of aryl methyl sites for hydroxylation is 3. The molecular formula is C12H14N4O3S. The summed E-state index contributed by atoms with van der Waals surface area (Å²) in [6, 6.07) is 1.36. The molecule has 0 aliphatic rings. The molecule has 0 aromatic carbocycles. The molecule has 0 bridgehead atoms. The highest BCUT2D eigenvalue weighted by Crippen LogP contribution is 2.14. The normalized spacial score (nSPS) is 10.7. The molecule has 2 aromatic heterocycles.